The summed E-state index contributed by atoms with van der Waals surface area (Å²) in [7, 11) is 3.04. The number of benzene rings is 2. The Bertz CT molecular complexity index is 1560. The third-order valence-corrected chi connectivity index (χ3v) is 7.37. The van der Waals surface area contributed by atoms with Gasteiger partial charge in [-0.2, -0.15) is 0 Å². The van der Waals surface area contributed by atoms with Gasteiger partial charge in [0, 0.05) is 48.4 Å². The second kappa shape index (κ2) is 15.8. The van der Waals surface area contributed by atoms with Crippen molar-refractivity contribution in [3.63, 3.8) is 0 Å². The van der Waals surface area contributed by atoms with Crippen molar-refractivity contribution >= 4 is 35.6 Å². The van der Waals surface area contributed by atoms with Gasteiger partial charge in [0.15, 0.2) is 0 Å². The minimum atomic E-state index is -0.886. The Kier molecular flexibility index (Phi) is 12.6. The molecule has 0 saturated heterocycles. The van der Waals surface area contributed by atoms with Crippen LogP contribution < -0.4 is 15.4 Å². The Hall–Kier alpha value is -3.38. The number of nitrogens with zero attached hydrogens (tertiary/aromatic N) is 4. The van der Waals surface area contributed by atoms with Crippen LogP contribution >= 0.6 is 23.2 Å². The molecule has 0 spiro atoms. The predicted molar refractivity (Wildman–Crippen MR) is 182 cm³/mol. The third-order valence-electron chi connectivity index (χ3n) is 6.56. The van der Waals surface area contributed by atoms with Gasteiger partial charge in [-0.1, -0.05) is 59.6 Å². The first-order valence-corrected chi connectivity index (χ1v) is 15.1. The van der Waals surface area contributed by atoms with E-state index in [9.17, 15) is 10.2 Å². The minimum absolute atomic E-state index is 0.276. The first-order chi connectivity index (χ1) is 21.2. The highest BCUT2D eigenvalue weighted by atomic mass is 35.5. The average Bonchev–Trinajstić information content (AvgIpc) is 2.97. The first-order valence-electron chi connectivity index (χ1n) is 14.3. The fourth-order valence-corrected chi connectivity index (χ4v) is 5.07. The maximum atomic E-state index is 10.0. The summed E-state index contributed by atoms with van der Waals surface area (Å²) in [6.45, 7) is 13.7. The average molecular weight is 658 g/mol. The highest BCUT2D eigenvalue weighted by Crippen LogP contribution is 2.40. The van der Waals surface area contributed by atoms with Crippen molar-refractivity contribution in [3.8, 4) is 28.3 Å². The van der Waals surface area contributed by atoms with E-state index in [2.05, 4.69) is 37.3 Å². The van der Waals surface area contributed by atoms with Gasteiger partial charge in [0.2, 0.25) is 11.8 Å². The Morgan fingerprint density at radius 3 is 2.13 bits per heavy atom. The lowest BCUT2D eigenvalue weighted by atomic mass is 9.98. The van der Waals surface area contributed by atoms with E-state index in [1.54, 1.807) is 33.9 Å². The van der Waals surface area contributed by atoms with Crippen molar-refractivity contribution in [2.75, 3.05) is 33.9 Å². The summed E-state index contributed by atoms with van der Waals surface area (Å²) < 4.78 is 11.0. The Morgan fingerprint density at radius 1 is 0.933 bits per heavy atom. The Labute approximate surface area is 275 Å². The van der Waals surface area contributed by atoms with Crippen LogP contribution in [0.4, 0.5) is 0 Å². The second-order valence-electron chi connectivity index (χ2n) is 11.7. The highest BCUT2D eigenvalue weighted by Gasteiger charge is 2.19. The van der Waals surface area contributed by atoms with Crippen molar-refractivity contribution in [2.45, 2.75) is 52.4 Å². The molecule has 0 amide bonds. The number of nitrogens with one attached hydrogen (secondary N) is 2. The van der Waals surface area contributed by atoms with E-state index >= 15 is 0 Å². The molecule has 0 aliphatic heterocycles. The van der Waals surface area contributed by atoms with Crippen LogP contribution in [0.1, 0.15) is 45.9 Å². The molecule has 0 aliphatic carbocycles. The van der Waals surface area contributed by atoms with E-state index in [1.165, 1.54) is 14.2 Å². The summed E-state index contributed by atoms with van der Waals surface area (Å²) in [6.07, 6.45) is 1.64. The van der Waals surface area contributed by atoms with Crippen LogP contribution in [-0.4, -0.2) is 77.7 Å². The molecule has 0 fully saturated rings. The topological polar surface area (TPSA) is 133 Å². The predicted octanol–water partition coefficient (Wildman–Crippen LogP) is 5.67. The molecule has 3 rings (SSSR count). The number of aliphatic imine (C=N–C) groups is 2. The molecule has 2 aromatic carbocycles. The molecule has 1 heterocycles. The third kappa shape index (κ3) is 10.1. The highest BCUT2D eigenvalue weighted by molar-refractivity contribution is 6.39. The SMILES string of the molecule is C=N/C(CNCC(C)(C)O)=C(\N=C(/C)c1cccc(-c2cccc(-c3cnc(CNCC(C)(C)O)c(OC)n3)c2Cl)c1Cl)OC. The molecule has 0 radical (unpaired) electrons. The van der Waals surface area contributed by atoms with E-state index in [4.69, 9.17) is 32.7 Å². The van der Waals surface area contributed by atoms with Gasteiger partial charge >= 0.3 is 0 Å². The fraction of sp³-hybridized carbons (Fsp3) is 0.394. The summed E-state index contributed by atoms with van der Waals surface area (Å²) in [5, 5.41) is 27.2. The summed E-state index contributed by atoms with van der Waals surface area (Å²) in [6, 6.07) is 11.3. The molecule has 10 nitrogen and oxygen atoms in total. The van der Waals surface area contributed by atoms with Crippen LogP contribution in [0.2, 0.25) is 10.0 Å². The quantitative estimate of drug-likeness (QED) is 0.121. The lowest BCUT2D eigenvalue weighted by Gasteiger charge is -2.18. The lowest BCUT2D eigenvalue weighted by molar-refractivity contribution is 0.0791. The van der Waals surface area contributed by atoms with E-state index < -0.39 is 11.2 Å². The van der Waals surface area contributed by atoms with Crippen LogP contribution in [0.15, 0.2) is 64.2 Å². The molecule has 4 N–H and O–H groups in total. The maximum Gasteiger partial charge on any atom is 0.237 e. The van der Waals surface area contributed by atoms with Gasteiger partial charge in [-0.25, -0.2) is 9.98 Å². The fourth-order valence-electron chi connectivity index (χ4n) is 4.38. The molecule has 242 valence electrons. The van der Waals surface area contributed by atoms with Crippen LogP contribution in [0.5, 0.6) is 5.88 Å². The van der Waals surface area contributed by atoms with Crippen LogP contribution in [-0.2, 0) is 11.3 Å². The van der Waals surface area contributed by atoms with E-state index in [0.717, 1.165) is 0 Å². The van der Waals surface area contributed by atoms with Gasteiger partial charge in [-0.05, 0) is 41.3 Å². The number of ether oxygens (including phenoxy) is 2. The normalized spacial score (nSPS) is 13.0. The number of hydrogen-bond acceptors (Lipinski definition) is 10. The monoisotopic (exact) mass is 656 g/mol. The molecule has 0 unspecified atom stereocenters. The van der Waals surface area contributed by atoms with Gasteiger partial charge in [0.05, 0.1) is 53.1 Å². The van der Waals surface area contributed by atoms with Gasteiger partial charge in [0.1, 0.15) is 11.4 Å². The summed E-state index contributed by atoms with van der Waals surface area (Å²) in [5.74, 6) is 0.633. The lowest BCUT2D eigenvalue weighted by Crippen LogP contribution is -2.35. The minimum Gasteiger partial charge on any atom is -0.480 e. The van der Waals surface area contributed by atoms with Gasteiger partial charge in [-0.15, -0.1) is 0 Å². The smallest absolute Gasteiger partial charge is 0.237 e. The molecule has 12 heteroatoms. The van der Waals surface area contributed by atoms with Crippen molar-refractivity contribution < 1.29 is 19.7 Å². The number of aliphatic hydroxyl groups is 2. The van der Waals surface area contributed by atoms with Crippen LogP contribution in [0.3, 0.4) is 0 Å². The molecule has 1 aromatic heterocycles. The van der Waals surface area contributed by atoms with Crippen molar-refractivity contribution in [1.29, 1.82) is 0 Å². The summed E-state index contributed by atoms with van der Waals surface area (Å²) >= 11 is 14.0. The van der Waals surface area contributed by atoms with Crippen LogP contribution in [0, 0.1) is 0 Å². The van der Waals surface area contributed by atoms with E-state index in [-0.39, 0.29) is 5.88 Å². The molecule has 0 saturated carbocycles. The van der Waals surface area contributed by atoms with Crippen LogP contribution in [0.25, 0.3) is 22.4 Å². The molecule has 0 aliphatic rings. The zero-order valence-electron chi connectivity index (χ0n) is 26.8. The first kappa shape index (κ1) is 36.1. The molecular weight excluding hydrogens is 615 g/mol. The van der Waals surface area contributed by atoms with Gasteiger partial charge in [0.25, 0.3) is 0 Å². The van der Waals surface area contributed by atoms with Gasteiger partial charge < -0.3 is 30.3 Å². The molecule has 0 bridgehead atoms. The van der Waals surface area contributed by atoms with E-state index in [1.807, 2.05) is 43.3 Å². The van der Waals surface area contributed by atoms with E-state index in [0.29, 0.717) is 87.2 Å². The largest absolute Gasteiger partial charge is 0.480 e. The number of aromatic nitrogens is 2. The molecule has 3 aromatic rings. The number of rotatable bonds is 15. The summed E-state index contributed by atoms with van der Waals surface area (Å²) in [4.78, 5) is 18.0. The Balaban J connectivity index is 1.96. The number of hydrogen-bond donors (Lipinski definition) is 4. The number of methoxy groups -OCH3 is 2. The number of halogens is 2. The molecule has 45 heavy (non-hydrogen) atoms. The zero-order chi connectivity index (χ0) is 33.4. The molecule has 0 atom stereocenters. The van der Waals surface area contributed by atoms with Gasteiger partial charge in [-0.3, -0.25) is 9.98 Å². The maximum absolute atomic E-state index is 10.0. The van der Waals surface area contributed by atoms with Crippen molar-refractivity contribution in [1.82, 2.24) is 20.6 Å². The second-order valence-corrected chi connectivity index (χ2v) is 12.4. The Morgan fingerprint density at radius 2 is 1.53 bits per heavy atom. The van der Waals surface area contributed by atoms with Crippen molar-refractivity contribution in [2.24, 2.45) is 9.98 Å². The summed E-state index contributed by atoms with van der Waals surface area (Å²) in [5.41, 5.74) is 3.24. The zero-order valence-corrected chi connectivity index (χ0v) is 28.3. The standard InChI is InChI=1S/C33H42Cl2N6O4/c1-20(40-30(44-7)26(36-6)15-37-18-32(2,3)42)21-11-9-12-22(28(21)34)23-13-10-14-24(29(23)35)25-17-39-27(31(41-25)45-8)16-38-19-33(4,5)43/h9-14,17,37-38,42-43H,6,15-16,18-19H2,1-5,7-8H3/b30-26+,40-20+. The molecular formula is C33H42Cl2N6O4. The van der Waals surface area contributed by atoms with Crippen molar-refractivity contribution in [3.05, 3.63) is 75.5 Å².